The summed E-state index contributed by atoms with van der Waals surface area (Å²) in [5, 5.41) is 2.81. The highest BCUT2D eigenvalue weighted by molar-refractivity contribution is 5.68. The Bertz CT molecular complexity index is 499. The summed E-state index contributed by atoms with van der Waals surface area (Å²) in [7, 11) is 0. The Morgan fingerprint density at radius 2 is 1.90 bits per heavy atom. The zero-order chi connectivity index (χ0) is 15.0. The first-order chi connectivity index (χ1) is 9.17. The smallest absolute Gasteiger partial charge is 0.408 e. The molecule has 0 unspecified atom stereocenters. The molecule has 1 N–H and O–H groups in total. The number of amides is 1. The summed E-state index contributed by atoms with van der Waals surface area (Å²) in [4.78, 5) is 16.6. The van der Waals surface area contributed by atoms with Crippen LogP contribution in [0.15, 0.2) is 18.2 Å². The molecule has 1 saturated carbocycles. The fourth-order valence-electron chi connectivity index (χ4n) is 2.01. The van der Waals surface area contributed by atoms with Crippen LogP contribution in [0.1, 0.15) is 64.8 Å². The first-order valence-corrected chi connectivity index (χ1v) is 7.16. The van der Waals surface area contributed by atoms with E-state index in [0.29, 0.717) is 5.92 Å². The van der Waals surface area contributed by atoms with Crippen molar-refractivity contribution in [3.05, 3.63) is 29.6 Å². The minimum absolute atomic E-state index is 0.309. The van der Waals surface area contributed by atoms with Crippen LogP contribution in [0.5, 0.6) is 0 Å². The number of rotatable bonds is 3. The number of nitrogens with zero attached hydrogens (tertiary/aromatic N) is 1. The molecule has 20 heavy (non-hydrogen) atoms. The molecule has 2 rings (SSSR count). The van der Waals surface area contributed by atoms with E-state index in [9.17, 15) is 4.79 Å². The predicted octanol–water partition coefficient (Wildman–Crippen LogP) is 3.72. The van der Waals surface area contributed by atoms with E-state index in [1.54, 1.807) is 0 Å². The highest BCUT2D eigenvalue weighted by Gasteiger charge is 2.31. The average Bonchev–Trinajstić information content (AvgIpc) is 3.09. The number of hydrogen-bond donors (Lipinski definition) is 1. The standard InChI is InChI=1S/C16H24N2O2/c1-15(2,3)18-14(19)20-16(4,5)13-8-6-7-12(17-13)11-9-10-11/h6-8,11H,9-10H2,1-5H3,(H,18,19). The molecular formula is C16H24N2O2. The van der Waals surface area contributed by atoms with Gasteiger partial charge in [0.15, 0.2) is 5.60 Å². The molecule has 4 nitrogen and oxygen atoms in total. The van der Waals surface area contributed by atoms with E-state index in [0.717, 1.165) is 11.4 Å². The van der Waals surface area contributed by atoms with Gasteiger partial charge in [0.2, 0.25) is 0 Å². The highest BCUT2D eigenvalue weighted by Crippen LogP contribution is 2.39. The molecule has 1 aromatic heterocycles. The van der Waals surface area contributed by atoms with Crippen LogP contribution in [0.4, 0.5) is 4.79 Å². The van der Waals surface area contributed by atoms with E-state index >= 15 is 0 Å². The molecule has 1 heterocycles. The van der Waals surface area contributed by atoms with E-state index in [2.05, 4.69) is 10.3 Å². The second-order valence-corrected chi connectivity index (χ2v) is 7.00. The monoisotopic (exact) mass is 276 g/mol. The quantitative estimate of drug-likeness (QED) is 0.915. The van der Waals surface area contributed by atoms with Gasteiger partial charge < -0.3 is 10.1 Å². The molecule has 0 spiro atoms. The minimum atomic E-state index is -0.736. The minimum Gasteiger partial charge on any atom is -0.437 e. The lowest BCUT2D eigenvalue weighted by Gasteiger charge is -2.28. The lowest BCUT2D eigenvalue weighted by Crippen LogP contribution is -2.43. The highest BCUT2D eigenvalue weighted by atomic mass is 16.6. The van der Waals surface area contributed by atoms with Gasteiger partial charge >= 0.3 is 6.09 Å². The van der Waals surface area contributed by atoms with Crippen LogP contribution in [-0.2, 0) is 10.3 Å². The van der Waals surface area contributed by atoms with Crippen LogP contribution < -0.4 is 5.32 Å². The summed E-state index contributed by atoms with van der Waals surface area (Å²) in [6, 6.07) is 5.95. The Labute approximate surface area is 120 Å². The third-order valence-electron chi connectivity index (χ3n) is 3.21. The number of hydrogen-bond acceptors (Lipinski definition) is 3. The van der Waals surface area contributed by atoms with E-state index in [-0.39, 0.29) is 5.54 Å². The van der Waals surface area contributed by atoms with Gasteiger partial charge in [-0.1, -0.05) is 6.07 Å². The van der Waals surface area contributed by atoms with Crippen molar-refractivity contribution in [1.82, 2.24) is 10.3 Å². The van der Waals surface area contributed by atoms with Crippen LogP contribution >= 0.6 is 0 Å². The van der Waals surface area contributed by atoms with E-state index < -0.39 is 11.7 Å². The molecule has 1 aliphatic rings. The van der Waals surface area contributed by atoms with E-state index in [1.165, 1.54) is 12.8 Å². The number of ether oxygens (including phenoxy) is 1. The molecule has 1 aliphatic carbocycles. The number of alkyl carbamates (subject to hydrolysis) is 1. The summed E-state index contributed by atoms with van der Waals surface area (Å²) in [5.74, 6) is 0.592. The third kappa shape index (κ3) is 3.95. The lowest BCUT2D eigenvalue weighted by molar-refractivity contribution is 0.0290. The van der Waals surface area contributed by atoms with Gasteiger partial charge in [-0.05, 0) is 59.6 Å². The van der Waals surface area contributed by atoms with Gasteiger partial charge in [0.25, 0.3) is 0 Å². The van der Waals surface area contributed by atoms with E-state index in [4.69, 9.17) is 4.74 Å². The number of pyridine rings is 1. The summed E-state index contributed by atoms with van der Waals surface area (Å²) in [5.41, 5.74) is 0.859. The maximum atomic E-state index is 11.9. The Balaban J connectivity index is 2.09. The zero-order valence-electron chi connectivity index (χ0n) is 13.0. The SMILES string of the molecule is CC(C)(C)NC(=O)OC(C)(C)c1cccc(C2CC2)n1. The maximum Gasteiger partial charge on any atom is 0.408 e. The molecule has 0 aliphatic heterocycles. The van der Waals surface area contributed by atoms with Crippen LogP contribution in [-0.4, -0.2) is 16.6 Å². The number of carbonyl (C=O) groups excluding carboxylic acids is 1. The van der Waals surface area contributed by atoms with Gasteiger partial charge in [0, 0.05) is 17.2 Å². The maximum absolute atomic E-state index is 11.9. The van der Waals surface area contributed by atoms with Gasteiger partial charge in [-0.25, -0.2) is 4.79 Å². The van der Waals surface area contributed by atoms with Crippen molar-refractivity contribution < 1.29 is 9.53 Å². The summed E-state index contributed by atoms with van der Waals surface area (Å²) in [6.07, 6.45) is 2.01. The summed E-state index contributed by atoms with van der Waals surface area (Å²) in [6.45, 7) is 9.51. The first-order valence-electron chi connectivity index (χ1n) is 7.16. The Morgan fingerprint density at radius 3 is 2.45 bits per heavy atom. The molecule has 0 aromatic carbocycles. The van der Waals surface area contributed by atoms with Crippen molar-refractivity contribution in [3.63, 3.8) is 0 Å². The largest absolute Gasteiger partial charge is 0.437 e. The summed E-state index contributed by atoms with van der Waals surface area (Å²) < 4.78 is 5.54. The normalized spacial score (nSPS) is 15.8. The first kappa shape index (κ1) is 14.8. The second kappa shape index (κ2) is 5.08. The van der Waals surface area contributed by atoms with Crippen molar-refractivity contribution in [2.24, 2.45) is 0 Å². The van der Waals surface area contributed by atoms with Gasteiger partial charge in [0.05, 0.1) is 5.69 Å². The molecule has 0 radical (unpaired) electrons. The fourth-order valence-corrected chi connectivity index (χ4v) is 2.01. The van der Waals surface area contributed by atoms with Gasteiger partial charge in [0.1, 0.15) is 0 Å². The predicted molar refractivity (Wildman–Crippen MR) is 78.6 cm³/mol. The van der Waals surface area contributed by atoms with Gasteiger partial charge in [-0.2, -0.15) is 0 Å². The van der Waals surface area contributed by atoms with Crippen molar-refractivity contribution >= 4 is 6.09 Å². The Kier molecular flexibility index (Phi) is 3.76. The fraction of sp³-hybridized carbons (Fsp3) is 0.625. The van der Waals surface area contributed by atoms with Crippen LogP contribution in [0.25, 0.3) is 0 Å². The van der Waals surface area contributed by atoms with Crippen molar-refractivity contribution in [2.45, 2.75) is 64.5 Å². The molecule has 1 amide bonds. The zero-order valence-corrected chi connectivity index (χ0v) is 13.0. The van der Waals surface area contributed by atoms with Crippen LogP contribution in [0, 0.1) is 0 Å². The van der Waals surface area contributed by atoms with Crippen molar-refractivity contribution in [3.8, 4) is 0 Å². The number of nitrogens with one attached hydrogen (secondary N) is 1. The molecule has 0 atom stereocenters. The number of aromatic nitrogens is 1. The van der Waals surface area contributed by atoms with Crippen molar-refractivity contribution in [2.75, 3.05) is 0 Å². The Hall–Kier alpha value is -1.58. The number of carbonyl (C=O) groups is 1. The second-order valence-electron chi connectivity index (χ2n) is 7.00. The molecule has 1 aromatic rings. The van der Waals surface area contributed by atoms with Crippen LogP contribution in [0.2, 0.25) is 0 Å². The average molecular weight is 276 g/mol. The topological polar surface area (TPSA) is 51.2 Å². The molecule has 4 heteroatoms. The molecule has 1 fully saturated rings. The van der Waals surface area contributed by atoms with Gasteiger partial charge in [-0.3, -0.25) is 4.98 Å². The van der Waals surface area contributed by atoms with Gasteiger partial charge in [-0.15, -0.1) is 0 Å². The van der Waals surface area contributed by atoms with Crippen LogP contribution in [0.3, 0.4) is 0 Å². The Morgan fingerprint density at radius 1 is 1.25 bits per heavy atom. The van der Waals surface area contributed by atoms with E-state index in [1.807, 2.05) is 52.8 Å². The molecular weight excluding hydrogens is 252 g/mol. The molecule has 0 bridgehead atoms. The molecule has 0 saturated heterocycles. The van der Waals surface area contributed by atoms with Crippen molar-refractivity contribution in [1.29, 1.82) is 0 Å². The third-order valence-corrected chi connectivity index (χ3v) is 3.21. The lowest BCUT2D eigenvalue weighted by atomic mass is 10.0. The summed E-state index contributed by atoms with van der Waals surface area (Å²) >= 11 is 0. The molecule has 110 valence electrons.